The second kappa shape index (κ2) is 5.44. The molecule has 0 unspecified atom stereocenters. The Kier molecular flexibility index (Phi) is 4.92. The number of amidine groups is 1. The third kappa shape index (κ3) is 7.62. The molecule has 0 aromatic heterocycles. The van der Waals surface area contributed by atoms with E-state index in [1.54, 1.807) is 7.05 Å². The summed E-state index contributed by atoms with van der Waals surface area (Å²) in [6.07, 6.45) is 3.42. The van der Waals surface area contributed by atoms with Crippen LogP contribution in [0.15, 0.2) is 12.3 Å². The van der Waals surface area contributed by atoms with Crippen LogP contribution in [0.5, 0.6) is 0 Å². The Balaban J connectivity index is 4.10. The topological polar surface area (TPSA) is 104 Å². The van der Waals surface area contributed by atoms with Crippen LogP contribution in [0.2, 0.25) is 0 Å². The molecule has 7 nitrogen and oxygen atoms in total. The summed E-state index contributed by atoms with van der Waals surface area (Å²) < 4.78 is 21.6. The van der Waals surface area contributed by atoms with Crippen molar-refractivity contribution in [2.24, 2.45) is 0 Å². The second-order valence-corrected chi connectivity index (χ2v) is 5.33. The van der Waals surface area contributed by atoms with E-state index < -0.39 is 20.6 Å². The predicted octanol–water partition coefficient (Wildman–Crippen LogP) is -0.270. The Bertz CT molecular complexity index is 374. The molecule has 0 spiro atoms. The number of hydrogen-bond acceptors (Lipinski definition) is 6. The van der Waals surface area contributed by atoms with E-state index in [2.05, 4.69) is 0 Å². The Morgan fingerprint density at radius 3 is 2.53 bits per heavy atom. The van der Waals surface area contributed by atoms with Crippen molar-refractivity contribution in [1.82, 2.24) is 4.90 Å². The van der Waals surface area contributed by atoms with Gasteiger partial charge in [-0.3, -0.25) is 0 Å². The maximum Gasteiger partial charge on any atom is 0.357 e. The van der Waals surface area contributed by atoms with Crippen LogP contribution in [-0.4, -0.2) is 49.7 Å². The Hall–Kier alpha value is -1.44. The van der Waals surface area contributed by atoms with E-state index >= 15 is 0 Å². The van der Waals surface area contributed by atoms with Crippen molar-refractivity contribution in [3.05, 3.63) is 22.4 Å². The minimum absolute atomic E-state index is 0.0281. The molecule has 1 N–H and O–H groups in total. The van der Waals surface area contributed by atoms with Crippen LogP contribution in [0.3, 0.4) is 0 Å². The van der Waals surface area contributed by atoms with E-state index in [9.17, 15) is 18.5 Å². The van der Waals surface area contributed by atoms with Gasteiger partial charge in [-0.1, -0.05) is 5.41 Å². The summed E-state index contributed by atoms with van der Waals surface area (Å²) in [5, 5.41) is 16.9. The van der Waals surface area contributed by atoms with Crippen molar-refractivity contribution in [2.45, 2.75) is 0 Å². The molecule has 8 heteroatoms. The van der Waals surface area contributed by atoms with E-state index in [-0.39, 0.29) is 12.3 Å². The maximum atomic E-state index is 10.8. The second-order valence-electron chi connectivity index (χ2n) is 3.07. The molecule has 15 heavy (non-hydrogen) atoms. The number of nitrogens with zero attached hydrogens (tertiary/aromatic N) is 2. The fourth-order valence-electron chi connectivity index (χ4n) is 0.643. The zero-order chi connectivity index (χ0) is 12.1. The van der Waals surface area contributed by atoms with Gasteiger partial charge in [0.1, 0.15) is 9.84 Å². The van der Waals surface area contributed by atoms with Crippen molar-refractivity contribution in [1.29, 1.82) is 5.41 Å². The van der Waals surface area contributed by atoms with E-state index in [0.717, 1.165) is 12.3 Å². The van der Waals surface area contributed by atoms with Crippen LogP contribution >= 0.6 is 0 Å². The van der Waals surface area contributed by atoms with Gasteiger partial charge < -0.3 is 15.0 Å². The number of hydrogen-bond donors (Lipinski definition) is 1. The van der Waals surface area contributed by atoms with Gasteiger partial charge in [-0.15, -0.1) is 0 Å². The van der Waals surface area contributed by atoms with Crippen molar-refractivity contribution in [3.8, 4) is 0 Å². The summed E-state index contributed by atoms with van der Waals surface area (Å²) in [6, 6.07) is 0. The number of rotatable bonds is 5. The smallest absolute Gasteiger partial charge is 0.357 e. The molecule has 0 aliphatic rings. The molecule has 0 rings (SSSR count). The maximum absolute atomic E-state index is 10.8. The van der Waals surface area contributed by atoms with Crippen LogP contribution in [0.1, 0.15) is 0 Å². The first-order chi connectivity index (χ1) is 6.72. The highest BCUT2D eigenvalue weighted by Crippen LogP contribution is 1.90. The largest absolute Gasteiger partial charge is 0.379 e. The highest BCUT2D eigenvalue weighted by molar-refractivity contribution is 7.90. The summed E-state index contributed by atoms with van der Waals surface area (Å²) >= 11 is 0. The highest BCUT2D eigenvalue weighted by atomic mass is 32.2. The third-order valence-corrected chi connectivity index (χ3v) is 2.42. The SMILES string of the molecule is CN(/C=C\C(=N)[N+](=O)[O-])CCS(C)(=O)=O. The van der Waals surface area contributed by atoms with Crippen molar-refractivity contribution >= 4 is 15.7 Å². The lowest BCUT2D eigenvalue weighted by Gasteiger charge is -2.11. The number of sulfone groups is 1. The van der Waals surface area contributed by atoms with Gasteiger partial charge in [0.25, 0.3) is 0 Å². The van der Waals surface area contributed by atoms with Gasteiger partial charge in [-0.05, 0) is 4.92 Å². The normalized spacial score (nSPS) is 11.6. The zero-order valence-corrected chi connectivity index (χ0v) is 9.32. The first-order valence-corrected chi connectivity index (χ1v) is 6.07. The molecule has 0 saturated carbocycles. The lowest BCUT2D eigenvalue weighted by atomic mass is 10.5. The molecule has 0 saturated heterocycles. The molecule has 0 fully saturated rings. The molecule has 0 aromatic rings. The van der Waals surface area contributed by atoms with Crippen molar-refractivity contribution < 1.29 is 13.3 Å². The van der Waals surface area contributed by atoms with Gasteiger partial charge in [0, 0.05) is 26.0 Å². The van der Waals surface area contributed by atoms with E-state index in [1.165, 1.54) is 11.1 Å². The van der Waals surface area contributed by atoms with E-state index in [1.807, 2.05) is 0 Å². The average Bonchev–Trinajstić information content (AvgIpc) is 2.09. The van der Waals surface area contributed by atoms with Crippen molar-refractivity contribution in [3.63, 3.8) is 0 Å². The standard InChI is InChI=1S/C7H13N3O4S/c1-9(5-6-15(2,13)14)4-3-7(8)10(11)12/h3-4,8H,5-6H2,1-2H3/b4-3-,8-7?. The molecule has 0 aromatic carbocycles. The minimum atomic E-state index is -3.04. The zero-order valence-electron chi connectivity index (χ0n) is 8.50. The van der Waals surface area contributed by atoms with Gasteiger partial charge in [0.05, 0.1) is 11.8 Å². The van der Waals surface area contributed by atoms with Gasteiger partial charge in [0.2, 0.25) is 0 Å². The van der Waals surface area contributed by atoms with Crippen LogP contribution in [0.25, 0.3) is 0 Å². The molecule has 86 valence electrons. The van der Waals surface area contributed by atoms with Crippen LogP contribution < -0.4 is 0 Å². The molecular weight excluding hydrogens is 222 g/mol. The number of nitro groups is 1. The molecule has 0 atom stereocenters. The van der Waals surface area contributed by atoms with Gasteiger partial charge in [-0.25, -0.2) is 8.42 Å². The fraction of sp³-hybridized carbons (Fsp3) is 0.571. The molecule has 0 aliphatic heterocycles. The van der Waals surface area contributed by atoms with E-state index in [4.69, 9.17) is 5.41 Å². The quantitative estimate of drug-likeness (QED) is 0.306. The summed E-state index contributed by atoms with van der Waals surface area (Å²) in [7, 11) is -1.46. The average molecular weight is 235 g/mol. The third-order valence-electron chi connectivity index (χ3n) is 1.50. The molecule has 0 bridgehead atoms. The van der Waals surface area contributed by atoms with Crippen LogP contribution in [-0.2, 0) is 9.84 Å². The molecule has 0 heterocycles. The highest BCUT2D eigenvalue weighted by Gasteiger charge is 2.04. The molecule has 0 radical (unpaired) electrons. The molecule has 0 aliphatic carbocycles. The fourth-order valence-corrected chi connectivity index (χ4v) is 1.26. The van der Waals surface area contributed by atoms with Gasteiger partial charge >= 0.3 is 5.84 Å². The number of nitrogens with one attached hydrogen (secondary N) is 1. The molecule has 0 amide bonds. The Morgan fingerprint density at radius 1 is 1.60 bits per heavy atom. The first-order valence-electron chi connectivity index (χ1n) is 4.01. The Labute approximate surface area is 88.0 Å². The first kappa shape index (κ1) is 13.6. The van der Waals surface area contributed by atoms with Crippen LogP contribution in [0.4, 0.5) is 0 Å². The summed E-state index contributed by atoms with van der Waals surface area (Å²) in [4.78, 5) is 10.7. The van der Waals surface area contributed by atoms with Gasteiger partial charge in [0.15, 0.2) is 0 Å². The molecular formula is C7H13N3O4S. The monoisotopic (exact) mass is 235 g/mol. The lowest BCUT2D eigenvalue weighted by molar-refractivity contribution is -0.349. The van der Waals surface area contributed by atoms with Gasteiger partial charge in [-0.2, -0.15) is 0 Å². The minimum Gasteiger partial charge on any atom is -0.379 e. The Morgan fingerprint density at radius 2 is 2.13 bits per heavy atom. The summed E-state index contributed by atoms with van der Waals surface area (Å²) in [5.74, 6) is -0.763. The van der Waals surface area contributed by atoms with Crippen molar-refractivity contribution in [2.75, 3.05) is 25.6 Å². The summed E-state index contributed by atoms with van der Waals surface area (Å²) in [6.45, 7) is 0.236. The van der Waals surface area contributed by atoms with E-state index in [0.29, 0.717) is 0 Å². The summed E-state index contributed by atoms with van der Waals surface area (Å²) in [5.41, 5.74) is 0. The predicted molar refractivity (Wildman–Crippen MR) is 56.2 cm³/mol. The van der Waals surface area contributed by atoms with Crippen LogP contribution in [0, 0.1) is 15.5 Å². The lowest BCUT2D eigenvalue weighted by Crippen LogP contribution is -2.21.